The fraction of sp³-hybridized carbons (Fsp3) is 1.00. The molecule has 4 nitrogen and oxygen atoms in total. The second-order valence-corrected chi connectivity index (χ2v) is 8.30. The summed E-state index contributed by atoms with van der Waals surface area (Å²) in [5, 5.41) is 0. The largest absolute Gasteiger partial charge is 0.401 e. The molecule has 0 saturated carbocycles. The van der Waals surface area contributed by atoms with Crippen molar-refractivity contribution in [3.63, 3.8) is 0 Å². The first-order valence-corrected chi connectivity index (χ1v) is 8.68. The van der Waals surface area contributed by atoms with E-state index >= 15 is 0 Å². The molecule has 0 aliphatic heterocycles. The summed E-state index contributed by atoms with van der Waals surface area (Å²) < 4.78 is 32.2. The van der Waals surface area contributed by atoms with E-state index in [0.717, 1.165) is 6.04 Å². The second-order valence-electron chi connectivity index (χ2n) is 4.67. The van der Waals surface area contributed by atoms with Gasteiger partial charge in [-0.05, 0) is 24.9 Å². The summed E-state index contributed by atoms with van der Waals surface area (Å²) in [5.74, 6) is -0.318. The smallest absolute Gasteiger partial charge is 0.290 e. The Morgan fingerprint density at radius 1 is 1.27 bits per heavy atom. The van der Waals surface area contributed by atoms with Crippen molar-refractivity contribution in [1.82, 2.24) is 0 Å². The summed E-state index contributed by atoms with van der Waals surface area (Å²) in [6.45, 7) is 10.1. The van der Waals surface area contributed by atoms with Gasteiger partial charge in [-0.25, -0.2) is 0 Å². The third-order valence-electron chi connectivity index (χ3n) is 1.53. The summed E-state index contributed by atoms with van der Waals surface area (Å²) in [6.07, 6.45) is 0. The zero-order chi connectivity index (χ0) is 12.1. The van der Waals surface area contributed by atoms with E-state index in [9.17, 15) is 8.42 Å². The molecule has 0 bridgehead atoms. The van der Waals surface area contributed by atoms with Gasteiger partial charge in [-0.2, -0.15) is 8.42 Å². The minimum atomic E-state index is -3.48. The number of rotatable bonds is 6. The fourth-order valence-corrected chi connectivity index (χ4v) is 4.59. The van der Waals surface area contributed by atoms with E-state index in [4.69, 9.17) is 4.43 Å². The molecule has 0 atom stereocenters. The van der Waals surface area contributed by atoms with Crippen LogP contribution in [0.5, 0.6) is 0 Å². The Morgan fingerprint density at radius 3 is 2.20 bits per heavy atom. The van der Waals surface area contributed by atoms with E-state index in [2.05, 4.69) is 25.0 Å². The number of hydrogen-bond donors (Lipinski definition) is 0. The Kier molecular flexibility index (Phi) is 6.01. The second kappa shape index (κ2) is 5.98. The van der Waals surface area contributed by atoms with Gasteiger partial charge in [-0.1, -0.05) is 20.8 Å². The highest BCUT2D eigenvalue weighted by molar-refractivity contribution is 7.86. The molecule has 0 fully saturated rings. The summed E-state index contributed by atoms with van der Waals surface area (Å²) in [4.78, 5) is 0. The maximum Gasteiger partial charge on any atom is 0.290 e. The highest BCUT2D eigenvalue weighted by atomic mass is 32.2. The van der Waals surface area contributed by atoms with E-state index in [1.807, 2.05) is 6.55 Å². The molecule has 0 amide bonds. The average Bonchev–Trinajstić information content (AvgIpc) is 1.98. The Labute approximate surface area is 94.8 Å². The lowest BCUT2D eigenvalue weighted by molar-refractivity contribution is 0.295. The zero-order valence-corrected chi connectivity index (χ0v) is 12.0. The van der Waals surface area contributed by atoms with Crippen molar-refractivity contribution in [3.05, 3.63) is 0 Å². The van der Waals surface area contributed by atoms with Gasteiger partial charge in [0.05, 0.1) is 6.61 Å². The maximum atomic E-state index is 11.2. The predicted molar refractivity (Wildman–Crippen MR) is 62.4 cm³/mol. The molecule has 91 valence electrons. The normalized spacial score (nSPS) is 13.5. The lowest BCUT2D eigenvalue weighted by Crippen LogP contribution is -2.25. The van der Waals surface area contributed by atoms with Crippen LogP contribution in [0.15, 0.2) is 0 Å². The summed E-state index contributed by atoms with van der Waals surface area (Å²) in [7, 11) is -4.54. The van der Waals surface area contributed by atoms with Crippen LogP contribution in [0, 0.1) is 5.41 Å². The molecule has 0 rings (SSSR count). The summed E-state index contributed by atoms with van der Waals surface area (Å²) in [6, 6.07) is 0.916. The van der Waals surface area contributed by atoms with Crippen molar-refractivity contribution in [1.29, 1.82) is 0 Å². The minimum Gasteiger partial charge on any atom is -0.401 e. The van der Waals surface area contributed by atoms with Crippen molar-refractivity contribution in [2.45, 2.75) is 40.3 Å². The fourth-order valence-electron chi connectivity index (χ4n) is 1.18. The van der Waals surface area contributed by atoms with Crippen LogP contribution < -0.4 is 0 Å². The van der Waals surface area contributed by atoms with Gasteiger partial charge in [0.25, 0.3) is 10.1 Å². The van der Waals surface area contributed by atoms with Gasteiger partial charge in [0, 0.05) is 0 Å². The van der Waals surface area contributed by atoms with Crippen LogP contribution in [-0.2, 0) is 18.7 Å². The molecule has 0 spiro atoms. The SMILES string of the molecule is CCOS(=O)(=O)CO[Si](C)CC(C)(C)C. The molecule has 0 aromatic heterocycles. The van der Waals surface area contributed by atoms with Crippen LogP contribution >= 0.6 is 0 Å². The molecule has 0 saturated heterocycles. The molecule has 0 aliphatic carbocycles. The van der Waals surface area contributed by atoms with Crippen LogP contribution in [0.2, 0.25) is 12.6 Å². The zero-order valence-electron chi connectivity index (χ0n) is 10.2. The van der Waals surface area contributed by atoms with Crippen LogP contribution in [0.4, 0.5) is 0 Å². The summed E-state index contributed by atoms with van der Waals surface area (Å²) in [5.41, 5.74) is 0.179. The highest BCUT2D eigenvalue weighted by Gasteiger charge is 2.20. The molecule has 0 aliphatic rings. The minimum absolute atomic E-state index is 0.163. The molecule has 1 radical (unpaired) electrons. The average molecular weight is 253 g/mol. The Hall–Kier alpha value is 0.0869. The molecule has 0 unspecified atom stereocenters. The summed E-state index contributed by atoms with van der Waals surface area (Å²) >= 11 is 0. The lowest BCUT2D eigenvalue weighted by Gasteiger charge is -2.21. The molecule has 0 aromatic carbocycles. The Morgan fingerprint density at radius 2 is 1.80 bits per heavy atom. The van der Waals surface area contributed by atoms with Gasteiger partial charge >= 0.3 is 0 Å². The van der Waals surface area contributed by atoms with Crippen molar-refractivity contribution >= 4 is 19.2 Å². The predicted octanol–water partition coefficient (Wildman–Crippen LogP) is 1.99. The van der Waals surface area contributed by atoms with Crippen molar-refractivity contribution < 1.29 is 17.0 Å². The first-order valence-electron chi connectivity index (χ1n) is 4.98. The van der Waals surface area contributed by atoms with E-state index in [1.165, 1.54) is 0 Å². The maximum absolute atomic E-state index is 11.2. The van der Waals surface area contributed by atoms with E-state index in [0.29, 0.717) is 0 Å². The van der Waals surface area contributed by atoms with Crippen molar-refractivity contribution in [2.75, 3.05) is 12.5 Å². The molecule has 0 heterocycles. The molecular weight excluding hydrogens is 232 g/mol. The third kappa shape index (κ3) is 9.04. The number of hydrogen-bond acceptors (Lipinski definition) is 4. The molecule has 15 heavy (non-hydrogen) atoms. The van der Waals surface area contributed by atoms with Gasteiger partial charge in [0.1, 0.15) is 0 Å². The van der Waals surface area contributed by atoms with Crippen molar-refractivity contribution in [3.8, 4) is 0 Å². The molecule has 6 heteroatoms. The van der Waals surface area contributed by atoms with Gasteiger partial charge in [0.2, 0.25) is 9.04 Å². The quantitative estimate of drug-likeness (QED) is 0.536. The van der Waals surface area contributed by atoms with E-state index < -0.39 is 19.2 Å². The topological polar surface area (TPSA) is 52.6 Å². The monoisotopic (exact) mass is 253 g/mol. The Balaban J connectivity index is 3.96. The molecule has 0 aromatic rings. The van der Waals surface area contributed by atoms with Crippen LogP contribution in [-0.4, -0.2) is 30.0 Å². The highest BCUT2D eigenvalue weighted by Crippen LogP contribution is 2.21. The third-order valence-corrected chi connectivity index (χ3v) is 4.93. The lowest BCUT2D eigenvalue weighted by atomic mass is 10.0. The van der Waals surface area contributed by atoms with Crippen LogP contribution in [0.1, 0.15) is 27.7 Å². The standard InChI is InChI=1S/C9H21O4SSi/c1-6-12-14(10,11)8-13-15(5)7-9(2,3)4/h6-8H2,1-5H3. The first-order chi connectivity index (χ1) is 6.66. The van der Waals surface area contributed by atoms with Crippen LogP contribution in [0.3, 0.4) is 0 Å². The van der Waals surface area contributed by atoms with Gasteiger partial charge in [0.15, 0.2) is 5.94 Å². The van der Waals surface area contributed by atoms with E-state index in [-0.39, 0.29) is 18.0 Å². The van der Waals surface area contributed by atoms with Gasteiger partial charge < -0.3 is 4.43 Å². The molecular formula is C9H21O4SSi. The first kappa shape index (κ1) is 15.1. The van der Waals surface area contributed by atoms with Gasteiger partial charge in [-0.3, -0.25) is 4.18 Å². The molecule has 0 N–H and O–H groups in total. The van der Waals surface area contributed by atoms with Crippen molar-refractivity contribution in [2.24, 2.45) is 5.41 Å². The van der Waals surface area contributed by atoms with Crippen LogP contribution in [0.25, 0.3) is 0 Å². The van der Waals surface area contributed by atoms with Gasteiger partial charge in [-0.15, -0.1) is 0 Å². The van der Waals surface area contributed by atoms with E-state index in [1.54, 1.807) is 6.92 Å². The Bertz CT molecular complexity index is 268.